The number of amides is 1. The number of halogens is 4. The molecule has 3 atom stereocenters. The Morgan fingerprint density at radius 1 is 1.40 bits per heavy atom. The molecule has 25 heavy (non-hydrogen) atoms. The van der Waals surface area contributed by atoms with Gasteiger partial charge in [0.2, 0.25) is 5.91 Å². The van der Waals surface area contributed by atoms with E-state index in [9.17, 15) is 18.0 Å². The smallest absolute Gasteiger partial charge is 0.419 e. The summed E-state index contributed by atoms with van der Waals surface area (Å²) < 4.78 is 49.4. The molecule has 1 amide bonds. The van der Waals surface area contributed by atoms with E-state index in [0.717, 1.165) is 12.5 Å². The van der Waals surface area contributed by atoms with E-state index in [0.29, 0.717) is 13.0 Å². The number of hydrogen-bond donors (Lipinski definition) is 2. The molecule has 5 nitrogen and oxygen atoms in total. The normalized spacial score (nSPS) is 21.3. The molecular formula is C16H22ClF3N2O3. The molecule has 142 valence electrons. The fraction of sp³-hybridized carbons (Fsp3) is 0.562. The minimum absolute atomic E-state index is 0. The van der Waals surface area contributed by atoms with Gasteiger partial charge in [0.05, 0.1) is 17.7 Å². The molecule has 1 unspecified atom stereocenters. The van der Waals surface area contributed by atoms with Gasteiger partial charge in [-0.3, -0.25) is 4.79 Å². The number of nitrogens with one attached hydrogen (secondary N) is 1. The van der Waals surface area contributed by atoms with Crippen molar-refractivity contribution in [1.29, 1.82) is 0 Å². The molecule has 3 N–H and O–H groups in total. The summed E-state index contributed by atoms with van der Waals surface area (Å²) in [4.78, 5) is 12.0. The van der Waals surface area contributed by atoms with Crippen LogP contribution in [-0.2, 0) is 15.7 Å². The van der Waals surface area contributed by atoms with Crippen molar-refractivity contribution in [2.75, 3.05) is 13.2 Å². The Bertz CT molecular complexity index is 572. The van der Waals surface area contributed by atoms with Crippen LogP contribution in [0.4, 0.5) is 13.2 Å². The Hall–Kier alpha value is -1.51. The molecule has 1 heterocycles. The Labute approximate surface area is 150 Å². The van der Waals surface area contributed by atoms with E-state index in [-0.39, 0.29) is 36.8 Å². The van der Waals surface area contributed by atoms with Crippen molar-refractivity contribution >= 4 is 18.3 Å². The molecule has 0 aromatic heterocycles. The van der Waals surface area contributed by atoms with Gasteiger partial charge in [0.15, 0.2) is 0 Å². The maximum absolute atomic E-state index is 12.9. The molecular weight excluding hydrogens is 361 g/mol. The zero-order valence-corrected chi connectivity index (χ0v) is 14.5. The summed E-state index contributed by atoms with van der Waals surface area (Å²) in [5, 5.41) is 2.68. The van der Waals surface area contributed by atoms with Crippen LogP contribution in [0.5, 0.6) is 5.75 Å². The van der Waals surface area contributed by atoms with Crippen LogP contribution in [0, 0.1) is 0 Å². The van der Waals surface area contributed by atoms with Crippen molar-refractivity contribution in [2.45, 2.75) is 44.2 Å². The first kappa shape index (κ1) is 21.5. The van der Waals surface area contributed by atoms with Crippen LogP contribution >= 0.6 is 12.4 Å². The van der Waals surface area contributed by atoms with Crippen LogP contribution in [0.3, 0.4) is 0 Å². The van der Waals surface area contributed by atoms with Gasteiger partial charge in [0.1, 0.15) is 18.5 Å². The monoisotopic (exact) mass is 382 g/mol. The Balaban J connectivity index is 0.00000312. The topological polar surface area (TPSA) is 73.6 Å². The lowest BCUT2D eigenvalue weighted by atomic mass is 10.2. The Morgan fingerprint density at radius 3 is 2.68 bits per heavy atom. The van der Waals surface area contributed by atoms with Gasteiger partial charge < -0.3 is 20.5 Å². The van der Waals surface area contributed by atoms with Crippen molar-refractivity contribution in [1.82, 2.24) is 5.32 Å². The van der Waals surface area contributed by atoms with Gasteiger partial charge in [0.25, 0.3) is 0 Å². The average Bonchev–Trinajstić information content (AvgIpc) is 3.01. The van der Waals surface area contributed by atoms with Crippen molar-refractivity contribution in [2.24, 2.45) is 5.73 Å². The van der Waals surface area contributed by atoms with Crippen LogP contribution in [0.25, 0.3) is 0 Å². The standard InChI is InChI=1S/C16H21F3N2O3.ClH/c1-10(21-15(22)14-7-6-11(8-20)24-14)9-23-13-5-3-2-4-12(13)16(17,18)19;/h2-5,10-11,14H,6-9,20H2,1H3,(H,21,22);1H/t10?,11-,14+;/m1./s1. The van der Waals surface area contributed by atoms with E-state index < -0.39 is 23.9 Å². The zero-order chi connectivity index (χ0) is 17.7. The fourth-order valence-electron chi connectivity index (χ4n) is 2.49. The van der Waals surface area contributed by atoms with Crippen molar-refractivity contribution in [3.8, 4) is 5.75 Å². The summed E-state index contributed by atoms with van der Waals surface area (Å²) in [6.07, 6.45) is -3.87. The number of nitrogens with two attached hydrogens (primary N) is 1. The van der Waals surface area contributed by atoms with Gasteiger partial charge in [0, 0.05) is 6.54 Å². The summed E-state index contributed by atoms with van der Waals surface area (Å²) in [5.74, 6) is -0.558. The van der Waals surface area contributed by atoms with Crippen molar-refractivity contribution < 1.29 is 27.4 Å². The first-order valence-electron chi connectivity index (χ1n) is 7.76. The molecule has 1 fully saturated rings. The highest BCUT2D eigenvalue weighted by atomic mass is 35.5. The number of rotatable bonds is 6. The van der Waals surface area contributed by atoms with Gasteiger partial charge in [-0.15, -0.1) is 12.4 Å². The first-order valence-corrected chi connectivity index (χ1v) is 7.76. The fourth-order valence-corrected chi connectivity index (χ4v) is 2.49. The van der Waals surface area contributed by atoms with E-state index >= 15 is 0 Å². The SMILES string of the molecule is CC(COc1ccccc1C(F)(F)F)NC(=O)[C@@H]1CC[C@H](CN)O1.Cl. The van der Waals surface area contributed by atoms with E-state index in [1.807, 2.05) is 0 Å². The highest BCUT2D eigenvalue weighted by Gasteiger charge is 2.34. The lowest BCUT2D eigenvalue weighted by molar-refractivity contribution is -0.139. The summed E-state index contributed by atoms with van der Waals surface area (Å²) in [7, 11) is 0. The summed E-state index contributed by atoms with van der Waals surface area (Å²) in [6, 6.07) is 4.51. The highest BCUT2D eigenvalue weighted by molar-refractivity contribution is 5.85. The number of benzene rings is 1. The maximum atomic E-state index is 12.9. The molecule has 0 spiro atoms. The average molecular weight is 383 g/mol. The van der Waals surface area contributed by atoms with Gasteiger partial charge in [-0.1, -0.05) is 12.1 Å². The molecule has 0 aliphatic carbocycles. The quantitative estimate of drug-likeness (QED) is 0.793. The number of carbonyl (C=O) groups excluding carboxylic acids is 1. The molecule has 1 aliphatic rings. The first-order chi connectivity index (χ1) is 11.3. The second kappa shape index (κ2) is 9.26. The van der Waals surface area contributed by atoms with Crippen LogP contribution < -0.4 is 15.8 Å². The van der Waals surface area contributed by atoms with Crippen molar-refractivity contribution in [3.63, 3.8) is 0 Å². The summed E-state index contributed by atoms with van der Waals surface area (Å²) in [5.41, 5.74) is 4.65. The molecule has 0 saturated carbocycles. The highest BCUT2D eigenvalue weighted by Crippen LogP contribution is 2.35. The molecule has 1 aliphatic heterocycles. The van der Waals surface area contributed by atoms with Gasteiger partial charge >= 0.3 is 6.18 Å². The van der Waals surface area contributed by atoms with Crippen molar-refractivity contribution in [3.05, 3.63) is 29.8 Å². The Morgan fingerprint density at radius 2 is 2.08 bits per heavy atom. The number of alkyl halides is 3. The van der Waals surface area contributed by atoms with Gasteiger partial charge in [-0.2, -0.15) is 13.2 Å². The second-order valence-electron chi connectivity index (χ2n) is 5.77. The van der Waals surface area contributed by atoms with Crippen LogP contribution in [0.1, 0.15) is 25.3 Å². The predicted octanol–water partition coefficient (Wildman–Crippen LogP) is 2.52. The number of hydrogen-bond acceptors (Lipinski definition) is 4. The molecule has 9 heteroatoms. The van der Waals surface area contributed by atoms with Gasteiger partial charge in [-0.05, 0) is 31.9 Å². The summed E-state index contributed by atoms with van der Waals surface area (Å²) in [6.45, 7) is 1.94. The lowest BCUT2D eigenvalue weighted by Gasteiger charge is -2.19. The minimum atomic E-state index is -4.49. The van der Waals surface area contributed by atoms with E-state index in [2.05, 4.69) is 5.32 Å². The molecule has 1 aromatic carbocycles. The molecule has 0 bridgehead atoms. The third-order valence-electron chi connectivity index (χ3n) is 3.73. The van der Waals surface area contributed by atoms with Crippen LogP contribution in [0.2, 0.25) is 0 Å². The molecule has 1 aromatic rings. The van der Waals surface area contributed by atoms with Crippen LogP contribution in [0.15, 0.2) is 24.3 Å². The second-order valence-corrected chi connectivity index (χ2v) is 5.77. The molecule has 1 saturated heterocycles. The molecule has 2 rings (SSSR count). The Kier molecular flexibility index (Phi) is 7.98. The predicted molar refractivity (Wildman–Crippen MR) is 88.7 cm³/mol. The van der Waals surface area contributed by atoms with E-state index in [4.69, 9.17) is 15.2 Å². The lowest BCUT2D eigenvalue weighted by Crippen LogP contribution is -2.43. The van der Waals surface area contributed by atoms with E-state index in [1.165, 1.54) is 18.2 Å². The third-order valence-corrected chi connectivity index (χ3v) is 3.73. The molecule has 0 radical (unpaired) electrons. The third kappa shape index (κ3) is 6.05. The van der Waals surface area contributed by atoms with Gasteiger partial charge in [-0.25, -0.2) is 0 Å². The van der Waals surface area contributed by atoms with E-state index in [1.54, 1.807) is 6.92 Å². The zero-order valence-electron chi connectivity index (χ0n) is 13.7. The number of para-hydroxylation sites is 1. The van der Waals surface area contributed by atoms with Crippen LogP contribution in [-0.4, -0.2) is 37.3 Å². The number of ether oxygens (including phenoxy) is 2. The largest absolute Gasteiger partial charge is 0.491 e. The summed E-state index contributed by atoms with van der Waals surface area (Å²) >= 11 is 0. The minimum Gasteiger partial charge on any atom is -0.491 e. The maximum Gasteiger partial charge on any atom is 0.419 e. The number of carbonyl (C=O) groups is 1.